The van der Waals surface area contributed by atoms with Crippen molar-refractivity contribution in [3.8, 4) is 11.3 Å². The molecule has 1 aliphatic heterocycles. The first kappa shape index (κ1) is 22.4. The molecule has 2 fully saturated rings. The summed E-state index contributed by atoms with van der Waals surface area (Å²) >= 11 is 0. The Morgan fingerprint density at radius 2 is 1.94 bits per heavy atom. The molecule has 0 radical (unpaired) electrons. The van der Waals surface area contributed by atoms with E-state index in [0.717, 1.165) is 31.5 Å². The standard InChI is InChI=1S/C23H24F4N6O/c24-12-4-5-33(11-12)23(34)31-15-3-1-2-14(7-15)30-22-19(27)8-18(26)20(32-22)17-10-29-21-16(17)6-13(25)9-28-21/h6,8-10,12,14-15H,1-5,7,11H2,(H,28,29)(H,30,32)(H,31,34)/t12-,14?,15+/m0/s1. The fraction of sp³-hybridized carbons (Fsp3) is 0.435. The summed E-state index contributed by atoms with van der Waals surface area (Å²) in [6.07, 6.45) is 4.65. The second-order valence-electron chi connectivity index (χ2n) is 8.89. The van der Waals surface area contributed by atoms with Crippen LogP contribution in [0.15, 0.2) is 24.5 Å². The zero-order valence-electron chi connectivity index (χ0n) is 18.3. The van der Waals surface area contributed by atoms with E-state index in [0.29, 0.717) is 30.4 Å². The molecule has 1 saturated carbocycles. The maximum atomic E-state index is 14.6. The van der Waals surface area contributed by atoms with E-state index in [2.05, 4.69) is 25.6 Å². The van der Waals surface area contributed by atoms with E-state index < -0.39 is 23.6 Å². The Bertz CT molecular complexity index is 1220. The van der Waals surface area contributed by atoms with E-state index in [1.165, 1.54) is 17.2 Å². The van der Waals surface area contributed by atoms with E-state index in [1.807, 2.05) is 0 Å². The van der Waals surface area contributed by atoms with Crippen molar-refractivity contribution in [1.29, 1.82) is 0 Å². The fourth-order valence-electron chi connectivity index (χ4n) is 4.74. The lowest BCUT2D eigenvalue weighted by Crippen LogP contribution is -2.47. The van der Waals surface area contributed by atoms with Crippen LogP contribution in [-0.2, 0) is 0 Å². The third-order valence-electron chi connectivity index (χ3n) is 6.44. The summed E-state index contributed by atoms with van der Waals surface area (Å²) in [5, 5.41) is 6.32. The number of amides is 2. The second kappa shape index (κ2) is 9.11. The van der Waals surface area contributed by atoms with E-state index in [1.54, 1.807) is 0 Å². The summed E-state index contributed by atoms with van der Waals surface area (Å²) in [4.78, 5) is 24.8. The smallest absolute Gasteiger partial charge is 0.317 e. The third-order valence-corrected chi connectivity index (χ3v) is 6.44. The van der Waals surface area contributed by atoms with Gasteiger partial charge in [0.2, 0.25) is 0 Å². The summed E-state index contributed by atoms with van der Waals surface area (Å²) < 4.78 is 56.3. The molecule has 0 bridgehead atoms. The minimum absolute atomic E-state index is 0.0982. The lowest BCUT2D eigenvalue weighted by Gasteiger charge is -2.32. The Morgan fingerprint density at radius 1 is 1.12 bits per heavy atom. The van der Waals surface area contributed by atoms with Gasteiger partial charge in [-0.3, -0.25) is 0 Å². The average molecular weight is 476 g/mol. The van der Waals surface area contributed by atoms with Crippen molar-refractivity contribution in [1.82, 2.24) is 25.2 Å². The quantitative estimate of drug-likeness (QED) is 0.484. The normalized spacial score (nSPS) is 22.8. The topological polar surface area (TPSA) is 85.9 Å². The largest absolute Gasteiger partial charge is 0.365 e. The molecule has 1 saturated heterocycles. The van der Waals surface area contributed by atoms with Gasteiger partial charge in [-0.15, -0.1) is 0 Å². The summed E-state index contributed by atoms with van der Waals surface area (Å²) in [6.45, 7) is 0.489. The molecule has 2 aliphatic rings. The predicted octanol–water partition coefficient (Wildman–Crippen LogP) is 4.52. The SMILES string of the molecule is O=C(N[C@@H]1CCCC(Nc2nc(-c3c[nH]c4ncc(F)cc34)c(F)cc2F)C1)N1CC[C@H](F)C1. The third kappa shape index (κ3) is 4.51. The molecular formula is C23H24F4N6O. The van der Waals surface area contributed by atoms with Gasteiger partial charge >= 0.3 is 6.03 Å². The number of pyridine rings is 2. The molecule has 2 amide bonds. The van der Waals surface area contributed by atoms with Crippen molar-refractivity contribution in [2.24, 2.45) is 0 Å². The summed E-state index contributed by atoms with van der Waals surface area (Å²) in [7, 11) is 0. The minimum Gasteiger partial charge on any atom is -0.365 e. The number of alkyl halides is 1. The van der Waals surface area contributed by atoms with Crippen LogP contribution in [0.2, 0.25) is 0 Å². The monoisotopic (exact) mass is 476 g/mol. The van der Waals surface area contributed by atoms with E-state index in [-0.39, 0.29) is 41.7 Å². The van der Waals surface area contributed by atoms with Gasteiger partial charge in [-0.1, -0.05) is 0 Å². The lowest BCUT2D eigenvalue weighted by molar-refractivity contribution is 0.195. The van der Waals surface area contributed by atoms with Gasteiger partial charge in [-0.05, 0) is 38.2 Å². The van der Waals surface area contributed by atoms with Crippen molar-refractivity contribution in [3.05, 3.63) is 42.0 Å². The number of nitrogens with zero attached hydrogens (tertiary/aromatic N) is 3. The molecule has 1 unspecified atom stereocenters. The van der Waals surface area contributed by atoms with Crippen LogP contribution in [0.1, 0.15) is 32.1 Å². The number of aromatic amines is 1. The van der Waals surface area contributed by atoms with Crippen LogP contribution in [0, 0.1) is 17.5 Å². The van der Waals surface area contributed by atoms with Gasteiger partial charge < -0.3 is 20.5 Å². The van der Waals surface area contributed by atoms with Crippen LogP contribution in [0.25, 0.3) is 22.3 Å². The zero-order valence-corrected chi connectivity index (χ0v) is 18.3. The first-order chi connectivity index (χ1) is 16.4. The highest BCUT2D eigenvalue weighted by atomic mass is 19.1. The van der Waals surface area contributed by atoms with Crippen molar-refractivity contribution in [2.45, 2.75) is 50.4 Å². The lowest BCUT2D eigenvalue weighted by atomic mass is 9.91. The molecule has 3 atom stereocenters. The Labute approximate surface area is 193 Å². The van der Waals surface area contributed by atoms with E-state index >= 15 is 0 Å². The van der Waals surface area contributed by atoms with Crippen molar-refractivity contribution >= 4 is 22.9 Å². The van der Waals surface area contributed by atoms with Crippen LogP contribution >= 0.6 is 0 Å². The first-order valence-corrected chi connectivity index (χ1v) is 11.3. The second-order valence-corrected chi connectivity index (χ2v) is 8.89. The molecule has 1 aliphatic carbocycles. The van der Waals surface area contributed by atoms with Crippen LogP contribution in [0.3, 0.4) is 0 Å². The number of fused-ring (bicyclic) bond motifs is 1. The number of hydrogen-bond donors (Lipinski definition) is 3. The van der Waals surface area contributed by atoms with Gasteiger partial charge in [-0.25, -0.2) is 32.3 Å². The summed E-state index contributed by atoms with van der Waals surface area (Å²) in [5.41, 5.74) is 0.505. The number of carbonyl (C=O) groups excluding carboxylic acids is 1. The van der Waals surface area contributed by atoms with Crippen LogP contribution in [0.4, 0.5) is 28.2 Å². The van der Waals surface area contributed by atoms with Crippen LogP contribution in [0.5, 0.6) is 0 Å². The molecule has 11 heteroatoms. The number of aromatic nitrogens is 3. The van der Waals surface area contributed by atoms with Crippen LogP contribution in [-0.4, -0.2) is 57.2 Å². The Morgan fingerprint density at radius 3 is 2.74 bits per heavy atom. The molecule has 4 heterocycles. The first-order valence-electron chi connectivity index (χ1n) is 11.3. The van der Waals surface area contributed by atoms with Gasteiger partial charge in [0.1, 0.15) is 23.3 Å². The number of anilines is 1. The van der Waals surface area contributed by atoms with Crippen molar-refractivity contribution < 1.29 is 22.4 Å². The van der Waals surface area contributed by atoms with Crippen molar-refractivity contribution in [3.63, 3.8) is 0 Å². The molecule has 0 aromatic carbocycles. The molecule has 3 aromatic heterocycles. The molecule has 7 nitrogen and oxygen atoms in total. The number of carbonyl (C=O) groups is 1. The number of halogens is 4. The Kier molecular flexibility index (Phi) is 6.01. The van der Waals surface area contributed by atoms with Gasteiger partial charge in [0.15, 0.2) is 17.5 Å². The molecule has 3 N–H and O–H groups in total. The minimum atomic E-state index is -0.988. The predicted molar refractivity (Wildman–Crippen MR) is 118 cm³/mol. The van der Waals surface area contributed by atoms with Gasteiger partial charge in [-0.2, -0.15) is 0 Å². The highest BCUT2D eigenvalue weighted by molar-refractivity contribution is 5.92. The molecule has 3 aromatic rings. The number of likely N-dealkylation sites (tertiary alicyclic amines) is 1. The van der Waals surface area contributed by atoms with Crippen molar-refractivity contribution in [2.75, 3.05) is 18.4 Å². The summed E-state index contributed by atoms with van der Waals surface area (Å²) in [6, 6.07) is 1.32. The number of hydrogen-bond acceptors (Lipinski definition) is 4. The number of nitrogens with one attached hydrogen (secondary N) is 3. The van der Waals surface area contributed by atoms with E-state index in [4.69, 9.17) is 0 Å². The molecule has 34 heavy (non-hydrogen) atoms. The highest BCUT2D eigenvalue weighted by Crippen LogP contribution is 2.32. The Balaban J connectivity index is 1.32. The number of urea groups is 1. The average Bonchev–Trinajstić information content (AvgIpc) is 3.42. The van der Waals surface area contributed by atoms with Gasteiger partial charge in [0.05, 0.1) is 12.7 Å². The molecule has 0 spiro atoms. The van der Waals surface area contributed by atoms with E-state index in [9.17, 15) is 22.4 Å². The number of H-pyrrole nitrogens is 1. The van der Waals surface area contributed by atoms with Crippen LogP contribution < -0.4 is 10.6 Å². The highest BCUT2D eigenvalue weighted by Gasteiger charge is 2.30. The maximum Gasteiger partial charge on any atom is 0.317 e. The Hall–Kier alpha value is -3.37. The molecule has 180 valence electrons. The number of rotatable bonds is 4. The van der Waals surface area contributed by atoms with Gasteiger partial charge in [0.25, 0.3) is 0 Å². The maximum absolute atomic E-state index is 14.6. The molecular weight excluding hydrogens is 452 g/mol. The van der Waals surface area contributed by atoms with Gasteiger partial charge in [0, 0.05) is 41.8 Å². The fourth-order valence-corrected chi connectivity index (χ4v) is 4.74. The summed E-state index contributed by atoms with van der Waals surface area (Å²) in [5.74, 6) is -2.42. The zero-order chi connectivity index (χ0) is 23.8. The molecule has 5 rings (SSSR count).